The molecule has 0 aliphatic carbocycles. The standard InChI is InChI=1S/C22H17FN2O/c1-14-6-9-16(10-7-14)19-12-15(8-11-20(19)23)13-21-17-4-2-3-5-18(17)22(26)25-24-21/h2-12H,13H2,1H3,(H,25,26). The van der Waals surface area contributed by atoms with Crippen molar-refractivity contribution in [1.82, 2.24) is 10.2 Å². The maximum Gasteiger partial charge on any atom is 0.272 e. The van der Waals surface area contributed by atoms with Crippen molar-refractivity contribution >= 4 is 10.8 Å². The molecule has 4 heteroatoms. The van der Waals surface area contributed by atoms with Crippen LogP contribution < -0.4 is 5.56 Å². The summed E-state index contributed by atoms with van der Waals surface area (Å²) in [5.74, 6) is -0.253. The molecule has 0 spiro atoms. The number of hydrogen-bond donors (Lipinski definition) is 1. The second-order valence-corrected chi connectivity index (χ2v) is 6.40. The molecule has 1 aromatic heterocycles. The molecule has 0 radical (unpaired) electrons. The predicted octanol–water partition coefficient (Wildman–Crippen LogP) is 4.63. The molecule has 4 aromatic rings. The first kappa shape index (κ1) is 16.2. The van der Waals surface area contributed by atoms with Crippen LogP contribution in [0.4, 0.5) is 4.39 Å². The molecule has 4 rings (SSSR count). The molecule has 0 amide bonds. The minimum Gasteiger partial charge on any atom is -0.267 e. The number of hydrogen-bond acceptors (Lipinski definition) is 2. The van der Waals surface area contributed by atoms with Gasteiger partial charge in [0.1, 0.15) is 5.82 Å². The monoisotopic (exact) mass is 344 g/mol. The van der Waals surface area contributed by atoms with Crippen molar-refractivity contribution in [3.05, 3.63) is 99.7 Å². The van der Waals surface area contributed by atoms with Gasteiger partial charge in [0.15, 0.2) is 0 Å². The molecule has 1 heterocycles. The van der Waals surface area contributed by atoms with Crippen LogP contribution in [0.1, 0.15) is 16.8 Å². The van der Waals surface area contributed by atoms with Gasteiger partial charge in [0.05, 0.1) is 11.1 Å². The molecule has 0 unspecified atom stereocenters. The quantitative estimate of drug-likeness (QED) is 0.589. The lowest BCUT2D eigenvalue weighted by atomic mass is 9.98. The molecule has 1 N–H and O–H groups in total. The summed E-state index contributed by atoms with van der Waals surface area (Å²) in [5.41, 5.74) is 4.04. The summed E-state index contributed by atoms with van der Waals surface area (Å²) in [7, 11) is 0. The first-order chi connectivity index (χ1) is 12.6. The zero-order chi connectivity index (χ0) is 18.1. The predicted molar refractivity (Wildman–Crippen MR) is 102 cm³/mol. The van der Waals surface area contributed by atoms with Crippen molar-refractivity contribution in [2.24, 2.45) is 0 Å². The fourth-order valence-electron chi connectivity index (χ4n) is 3.14. The average Bonchev–Trinajstić information content (AvgIpc) is 2.66. The highest BCUT2D eigenvalue weighted by Crippen LogP contribution is 2.26. The van der Waals surface area contributed by atoms with E-state index < -0.39 is 0 Å². The van der Waals surface area contributed by atoms with Gasteiger partial charge in [-0.25, -0.2) is 9.49 Å². The second-order valence-electron chi connectivity index (χ2n) is 6.40. The fraction of sp³-hybridized carbons (Fsp3) is 0.0909. The van der Waals surface area contributed by atoms with E-state index in [1.54, 1.807) is 12.1 Å². The molecule has 0 saturated heterocycles. The van der Waals surface area contributed by atoms with Crippen LogP contribution in [0, 0.1) is 12.7 Å². The van der Waals surface area contributed by atoms with Crippen LogP contribution in [0.2, 0.25) is 0 Å². The highest BCUT2D eigenvalue weighted by molar-refractivity contribution is 5.83. The Labute approximate surface area is 150 Å². The van der Waals surface area contributed by atoms with E-state index in [0.717, 1.165) is 27.8 Å². The number of nitrogens with zero attached hydrogens (tertiary/aromatic N) is 1. The van der Waals surface area contributed by atoms with E-state index in [2.05, 4.69) is 10.2 Å². The highest BCUT2D eigenvalue weighted by Gasteiger charge is 2.10. The Morgan fingerprint density at radius 2 is 1.69 bits per heavy atom. The summed E-state index contributed by atoms with van der Waals surface area (Å²) < 4.78 is 14.3. The molecule has 0 aliphatic rings. The molecule has 3 nitrogen and oxygen atoms in total. The molecule has 0 bridgehead atoms. The summed E-state index contributed by atoms with van der Waals surface area (Å²) in [5, 5.41) is 8.18. The maximum atomic E-state index is 14.3. The SMILES string of the molecule is Cc1ccc(-c2cc(Cc3n[nH]c(=O)c4ccccc34)ccc2F)cc1. The van der Waals surface area contributed by atoms with Gasteiger partial charge in [-0.05, 0) is 36.2 Å². The molecule has 26 heavy (non-hydrogen) atoms. The number of nitrogens with one attached hydrogen (secondary N) is 1. The van der Waals surface area contributed by atoms with Gasteiger partial charge in [0.2, 0.25) is 0 Å². The molecule has 0 aliphatic heterocycles. The largest absolute Gasteiger partial charge is 0.272 e. The van der Waals surface area contributed by atoms with E-state index in [9.17, 15) is 9.18 Å². The molecular formula is C22H17FN2O. The van der Waals surface area contributed by atoms with Crippen LogP contribution in [-0.2, 0) is 6.42 Å². The Hall–Kier alpha value is -3.27. The Morgan fingerprint density at radius 1 is 0.962 bits per heavy atom. The van der Waals surface area contributed by atoms with Gasteiger partial charge < -0.3 is 0 Å². The molecule has 0 atom stereocenters. The molecule has 128 valence electrons. The van der Waals surface area contributed by atoms with Crippen molar-refractivity contribution in [2.75, 3.05) is 0 Å². The highest BCUT2D eigenvalue weighted by atomic mass is 19.1. The van der Waals surface area contributed by atoms with Crippen LogP contribution in [0.15, 0.2) is 71.5 Å². The van der Waals surface area contributed by atoms with E-state index in [0.29, 0.717) is 17.4 Å². The van der Waals surface area contributed by atoms with Crippen LogP contribution in [0.25, 0.3) is 21.9 Å². The van der Waals surface area contributed by atoms with Crippen molar-refractivity contribution in [1.29, 1.82) is 0 Å². The van der Waals surface area contributed by atoms with Crippen LogP contribution in [0.5, 0.6) is 0 Å². The summed E-state index contributed by atoms with van der Waals surface area (Å²) in [6, 6.07) is 20.3. The number of fused-ring (bicyclic) bond motifs is 1. The summed E-state index contributed by atoms with van der Waals surface area (Å²) in [4.78, 5) is 11.9. The Morgan fingerprint density at radius 3 is 2.46 bits per heavy atom. The lowest BCUT2D eigenvalue weighted by Gasteiger charge is -2.09. The zero-order valence-corrected chi connectivity index (χ0v) is 14.3. The van der Waals surface area contributed by atoms with Crippen LogP contribution in [-0.4, -0.2) is 10.2 Å². The third kappa shape index (κ3) is 3.02. The van der Waals surface area contributed by atoms with Gasteiger partial charge in [-0.3, -0.25) is 4.79 Å². The van der Waals surface area contributed by atoms with E-state index in [-0.39, 0.29) is 11.4 Å². The average molecular weight is 344 g/mol. The Balaban J connectivity index is 1.76. The van der Waals surface area contributed by atoms with Gasteiger partial charge in [-0.1, -0.05) is 54.1 Å². The number of H-pyrrole nitrogens is 1. The topological polar surface area (TPSA) is 45.8 Å². The van der Waals surface area contributed by atoms with Crippen molar-refractivity contribution in [3.8, 4) is 11.1 Å². The lowest BCUT2D eigenvalue weighted by molar-refractivity contribution is 0.630. The van der Waals surface area contributed by atoms with Gasteiger partial charge in [0.25, 0.3) is 5.56 Å². The molecular weight excluding hydrogens is 327 g/mol. The number of benzene rings is 3. The first-order valence-corrected chi connectivity index (χ1v) is 8.43. The third-order valence-electron chi connectivity index (χ3n) is 4.54. The van der Waals surface area contributed by atoms with Gasteiger partial charge >= 0.3 is 0 Å². The Bertz CT molecular complexity index is 1150. The molecule has 0 saturated carbocycles. The molecule has 0 fully saturated rings. The zero-order valence-electron chi connectivity index (χ0n) is 14.3. The number of rotatable bonds is 3. The van der Waals surface area contributed by atoms with Gasteiger partial charge in [0, 0.05) is 17.4 Å². The minimum absolute atomic E-state index is 0.205. The van der Waals surface area contributed by atoms with Gasteiger partial charge in [-0.2, -0.15) is 5.10 Å². The van der Waals surface area contributed by atoms with Crippen molar-refractivity contribution < 1.29 is 4.39 Å². The van der Waals surface area contributed by atoms with Crippen molar-refractivity contribution in [2.45, 2.75) is 13.3 Å². The van der Waals surface area contributed by atoms with E-state index >= 15 is 0 Å². The number of halogens is 1. The normalized spacial score (nSPS) is 11.0. The minimum atomic E-state index is -0.253. The summed E-state index contributed by atoms with van der Waals surface area (Å²) in [6.45, 7) is 2.00. The first-order valence-electron chi connectivity index (χ1n) is 8.43. The third-order valence-corrected chi connectivity index (χ3v) is 4.54. The summed E-state index contributed by atoms with van der Waals surface area (Å²) in [6.07, 6.45) is 0.510. The fourth-order valence-corrected chi connectivity index (χ4v) is 3.14. The van der Waals surface area contributed by atoms with Crippen LogP contribution in [0.3, 0.4) is 0 Å². The van der Waals surface area contributed by atoms with E-state index in [1.807, 2.05) is 55.5 Å². The maximum absolute atomic E-state index is 14.3. The number of aryl methyl sites for hydroxylation is 1. The Kier molecular flexibility index (Phi) is 4.09. The number of aromatic nitrogens is 2. The number of aromatic amines is 1. The van der Waals surface area contributed by atoms with E-state index in [1.165, 1.54) is 6.07 Å². The lowest BCUT2D eigenvalue weighted by Crippen LogP contribution is -2.11. The van der Waals surface area contributed by atoms with Crippen LogP contribution >= 0.6 is 0 Å². The second kappa shape index (κ2) is 6.56. The van der Waals surface area contributed by atoms with Crippen molar-refractivity contribution in [3.63, 3.8) is 0 Å². The van der Waals surface area contributed by atoms with Gasteiger partial charge in [-0.15, -0.1) is 0 Å². The van der Waals surface area contributed by atoms with E-state index in [4.69, 9.17) is 0 Å². The smallest absolute Gasteiger partial charge is 0.267 e. The molecule has 3 aromatic carbocycles. The summed E-state index contributed by atoms with van der Waals surface area (Å²) >= 11 is 0.